The molecule has 0 bridgehead atoms. The Labute approximate surface area is 436 Å². The molecule has 27 nitrogen and oxygen atoms in total. The number of hydrogen-bond acceptors (Lipinski definition) is 20. The molecule has 4 amide bonds. The second kappa shape index (κ2) is 25.8. The first-order valence-corrected chi connectivity index (χ1v) is 24.1. The Hall–Kier alpha value is -8.92. The molecule has 0 saturated carbocycles. The van der Waals surface area contributed by atoms with Crippen LogP contribution in [-0.2, 0) is 59.8 Å². The fourth-order valence-electron chi connectivity index (χ4n) is 8.08. The minimum absolute atomic E-state index is 0.0681. The zero-order valence-electron chi connectivity index (χ0n) is 40.6. The molecule has 0 radical (unpaired) electrons. The smallest absolute Gasteiger partial charge is 0.417 e. The van der Waals surface area contributed by atoms with E-state index in [2.05, 4.69) is 5.32 Å². The molecular weight excluding hydrogens is 1020 g/mol. The number of thioether (sulfide) groups is 1. The summed E-state index contributed by atoms with van der Waals surface area (Å²) in [6, 6.07) is 19.4. The Morgan fingerprint density at radius 3 is 1.72 bits per heavy atom. The molecule has 402 valence electrons. The predicted octanol–water partition coefficient (Wildman–Crippen LogP) is 5.04. The summed E-state index contributed by atoms with van der Waals surface area (Å²) < 4.78 is 27.3. The van der Waals surface area contributed by atoms with Gasteiger partial charge < -0.3 is 45.4 Å². The number of nitro groups is 3. The van der Waals surface area contributed by atoms with Gasteiger partial charge in [-0.15, -0.1) is 0 Å². The largest absolute Gasteiger partial charge is 0.497 e. The lowest BCUT2D eigenvalue weighted by Crippen LogP contribution is -2.64. The maximum atomic E-state index is 15.0. The minimum atomic E-state index is -2.66. The van der Waals surface area contributed by atoms with E-state index in [4.69, 9.17) is 40.6 Å². The van der Waals surface area contributed by atoms with Crippen molar-refractivity contribution in [3.63, 3.8) is 0 Å². The number of nitrogens with one attached hydrogen (secondary N) is 2. The standard InChI is InChI=1S/C48H52N10O17S/c1-71-38-17-9-33(10-18-38)29-75-47(64)76-39-23-40(54(25-39)45(62)73-27-31-5-13-35(14-6-31)57(67)68)41(59)53-22-19-37(24-53)55(46(63)74-28-32-7-15-36(16-8-32)58(69)70)42(60)48(51,20-2-21-52-44(49)50)43(61)72-26-30-3-11-34(12-4-30)56(65)66/h3-18,37,39-40H,2,19-29,51H2,1H3,(H4,49,50,52)/t37-,39?,40-,48-/m0/s1. The van der Waals surface area contributed by atoms with Crippen molar-refractivity contribution >= 4 is 70.1 Å². The third-order valence-corrected chi connectivity index (χ3v) is 13.1. The van der Waals surface area contributed by atoms with Gasteiger partial charge in [-0.25, -0.2) is 24.1 Å². The fourth-order valence-corrected chi connectivity index (χ4v) is 8.99. The van der Waals surface area contributed by atoms with E-state index < -0.39 is 98.5 Å². The molecule has 2 aliphatic rings. The van der Waals surface area contributed by atoms with Crippen LogP contribution >= 0.6 is 11.8 Å². The van der Waals surface area contributed by atoms with Crippen molar-refractivity contribution in [2.24, 2.45) is 11.5 Å². The number of nitro benzene ring substituents is 3. The van der Waals surface area contributed by atoms with E-state index in [0.29, 0.717) is 21.8 Å². The molecule has 4 aromatic rings. The lowest BCUT2D eigenvalue weighted by Gasteiger charge is -2.34. The maximum absolute atomic E-state index is 15.0. The van der Waals surface area contributed by atoms with Crippen molar-refractivity contribution in [2.75, 3.05) is 33.3 Å². The van der Waals surface area contributed by atoms with Gasteiger partial charge in [0.2, 0.25) is 5.91 Å². The first kappa shape index (κ1) is 56.4. The number of benzene rings is 4. The van der Waals surface area contributed by atoms with Gasteiger partial charge in [0.15, 0.2) is 11.5 Å². The van der Waals surface area contributed by atoms with Crippen LogP contribution < -0.4 is 21.5 Å². The summed E-state index contributed by atoms with van der Waals surface area (Å²) >= 11 is 0.751. The number of likely N-dealkylation sites (tertiary alicyclic amines) is 2. The predicted molar refractivity (Wildman–Crippen MR) is 267 cm³/mol. The highest BCUT2D eigenvalue weighted by atomic mass is 32.2. The number of rotatable bonds is 21. The Morgan fingerprint density at radius 1 is 0.737 bits per heavy atom. The zero-order valence-corrected chi connectivity index (χ0v) is 41.5. The normalized spacial score (nSPS) is 16.6. The number of esters is 1. The summed E-state index contributed by atoms with van der Waals surface area (Å²) in [5, 5.41) is 42.4. The highest BCUT2D eigenvalue weighted by Crippen LogP contribution is 2.33. The maximum Gasteiger partial charge on any atom is 0.417 e. The number of carbonyl (C=O) groups is 6. The topological polar surface area (TPSA) is 376 Å². The van der Waals surface area contributed by atoms with E-state index in [1.807, 2.05) is 0 Å². The van der Waals surface area contributed by atoms with Crippen molar-refractivity contribution in [2.45, 2.75) is 75.0 Å². The second-order valence-corrected chi connectivity index (χ2v) is 18.5. The van der Waals surface area contributed by atoms with Crippen LogP contribution in [0.3, 0.4) is 0 Å². The minimum Gasteiger partial charge on any atom is -0.497 e. The van der Waals surface area contributed by atoms with E-state index in [1.54, 1.807) is 24.3 Å². The summed E-state index contributed by atoms with van der Waals surface area (Å²) in [6.07, 6.45) is -3.10. The molecule has 0 aliphatic carbocycles. The van der Waals surface area contributed by atoms with Gasteiger partial charge in [0, 0.05) is 67.8 Å². The molecule has 2 saturated heterocycles. The molecule has 1 unspecified atom stereocenters. The molecular formula is C48H52N10O17S. The first-order chi connectivity index (χ1) is 36.3. The van der Waals surface area contributed by atoms with E-state index in [0.717, 1.165) is 16.7 Å². The van der Waals surface area contributed by atoms with Gasteiger partial charge in [-0.1, -0.05) is 12.1 Å². The highest BCUT2D eigenvalue weighted by Gasteiger charge is 2.52. The van der Waals surface area contributed by atoms with Crippen LogP contribution in [0.4, 0.5) is 31.4 Å². The fraction of sp³-hybridized carbons (Fsp3) is 0.354. The number of nitrogens with zero attached hydrogens (tertiary/aromatic N) is 6. The number of amides is 4. The average Bonchev–Trinajstić information content (AvgIpc) is 4.08. The van der Waals surface area contributed by atoms with Gasteiger partial charge in [0.1, 0.15) is 38.2 Å². The van der Waals surface area contributed by atoms with Crippen molar-refractivity contribution in [1.82, 2.24) is 20.0 Å². The quantitative estimate of drug-likeness (QED) is 0.0124. The summed E-state index contributed by atoms with van der Waals surface area (Å²) in [5.74, 6) is -3.16. The van der Waals surface area contributed by atoms with E-state index in [1.165, 1.54) is 84.8 Å². The van der Waals surface area contributed by atoms with Gasteiger partial charge in [0.05, 0.1) is 27.9 Å². The van der Waals surface area contributed by atoms with Gasteiger partial charge in [0.25, 0.3) is 23.0 Å². The molecule has 4 atom stereocenters. The Balaban J connectivity index is 1.24. The van der Waals surface area contributed by atoms with Gasteiger partial charge in [-0.2, -0.15) is 0 Å². The number of hydrogen-bond donors (Lipinski definition) is 4. The van der Waals surface area contributed by atoms with Crippen molar-refractivity contribution < 1.29 is 67.2 Å². The van der Waals surface area contributed by atoms with Crippen LogP contribution in [0.2, 0.25) is 0 Å². The van der Waals surface area contributed by atoms with Crippen LogP contribution in [0.5, 0.6) is 5.75 Å². The first-order valence-electron chi connectivity index (χ1n) is 23.2. The molecule has 6 N–H and O–H groups in total. The van der Waals surface area contributed by atoms with Crippen molar-refractivity contribution in [3.05, 3.63) is 150 Å². The van der Waals surface area contributed by atoms with E-state index in [9.17, 15) is 59.1 Å². The van der Waals surface area contributed by atoms with Crippen LogP contribution in [0.15, 0.2) is 97.1 Å². The SMILES string of the molecule is COc1ccc(COC(=O)SC2C[C@@H](C(=O)N3CC[C@H](N(C(=O)OCc4ccc([N+](=O)[O-])cc4)C(=O)[C@@](N)(CCCNC(=N)N)C(=O)OCc4ccc([N+](=O)[O-])cc4)C3)N(C(=O)OCc3ccc([N+](=O)[O-])cc3)C2)cc1. The molecule has 76 heavy (non-hydrogen) atoms. The zero-order chi connectivity index (χ0) is 55.1. The third-order valence-electron chi connectivity index (χ3n) is 12.2. The molecule has 0 aromatic heterocycles. The van der Waals surface area contributed by atoms with E-state index >= 15 is 0 Å². The third kappa shape index (κ3) is 14.9. The molecule has 28 heteroatoms. The van der Waals surface area contributed by atoms with Crippen molar-refractivity contribution in [1.29, 1.82) is 5.41 Å². The monoisotopic (exact) mass is 1070 g/mol. The summed E-state index contributed by atoms with van der Waals surface area (Å²) in [4.78, 5) is 120. The number of nitrogens with two attached hydrogens (primary N) is 2. The highest BCUT2D eigenvalue weighted by molar-refractivity contribution is 8.13. The number of carbonyl (C=O) groups excluding carboxylic acids is 6. The van der Waals surface area contributed by atoms with Crippen LogP contribution in [0, 0.1) is 35.8 Å². The molecule has 6 rings (SSSR count). The molecule has 4 aromatic carbocycles. The van der Waals surface area contributed by atoms with Crippen molar-refractivity contribution in [3.8, 4) is 5.75 Å². The second-order valence-electron chi connectivity index (χ2n) is 17.3. The van der Waals surface area contributed by atoms with Crippen LogP contribution in [0.1, 0.15) is 47.9 Å². The lowest BCUT2D eigenvalue weighted by atomic mass is 9.91. The summed E-state index contributed by atoms with van der Waals surface area (Å²) in [6.45, 7) is -2.24. The molecule has 2 aliphatic heterocycles. The summed E-state index contributed by atoms with van der Waals surface area (Å²) in [7, 11) is 1.51. The van der Waals surface area contributed by atoms with Gasteiger partial charge in [-0.05, 0) is 108 Å². The Morgan fingerprint density at radius 2 is 1.22 bits per heavy atom. The Kier molecular flexibility index (Phi) is 19.2. The summed E-state index contributed by atoms with van der Waals surface area (Å²) in [5.41, 5.74) is 10.4. The average molecular weight is 1070 g/mol. The van der Waals surface area contributed by atoms with Gasteiger partial charge in [-0.3, -0.25) is 50.2 Å². The molecule has 2 fully saturated rings. The van der Waals surface area contributed by atoms with E-state index in [-0.39, 0.29) is 86.8 Å². The van der Waals surface area contributed by atoms with Crippen LogP contribution in [0.25, 0.3) is 0 Å². The van der Waals surface area contributed by atoms with Crippen LogP contribution in [-0.4, -0.2) is 127 Å². The number of imide groups is 1. The number of ether oxygens (including phenoxy) is 5. The molecule has 0 spiro atoms. The Bertz CT molecular complexity index is 2810. The number of non-ortho nitro benzene ring substituents is 3. The number of methoxy groups -OCH3 is 1. The number of guanidine groups is 1. The van der Waals surface area contributed by atoms with Gasteiger partial charge >= 0.3 is 23.5 Å². The molecule has 2 heterocycles. The lowest BCUT2D eigenvalue weighted by molar-refractivity contribution is -0.385.